The number of anilines is 2. The molecule has 2 aromatic rings. The van der Waals surface area contributed by atoms with Gasteiger partial charge in [-0.1, -0.05) is 18.3 Å². The third kappa shape index (κ3) is 3.01. The summed E-state index contributed by atoms with van der Waals surface area (Å²) in [6, 6.07) is 0. The second-order valence-corrected chi connectivity index (χ2v) is 4.81. The normalized spacial score (nSPS) is 10.5. The Bertz CT molecular complexity index is 569. The van der Waals surface area contributed by atoms with Crippen LogP contribution < -0.4 is 16.6 Å². The number of amides is 1. The molecule has 0 aliphatic carbocycles. The Balaban J connectivity index is 2.30. The molecule has 2 rings (SSSR count). The van der Waals surface area contributed by atoms with Crippen LogP contribution >= 0.6 is 11.5 Å². The standard InChI is InChI=1S/C10H13N7OS/c1-5(2)9-12-3-6(16-11)8(15-9)10(18)14-7-4-13-17-19-7/h3-5,16H,11H2,1-2H3,(H,14,18). The molecule has 0 aliphatic heterocycles. The third-order valence-corrected chi connectivity index (χ3v) is 2.87. The number of carbonyl (C=O) groups is 1. The zero-order valence-electron chi connectivity index (χ0n) is 10.4. The highest BCUT2D eigenvalue weighted by Gasteiger charge is 2.17. The van der Waals surface area contributed by atoms with Crippen molar-refractivity contribution in [3.05, 3.63) is 23.9 Å². The van der Waals surface area contributed by atoms with Gasteiger partial charge in [-0.2, -0.15) is 0 Å². The molecule has 8 nitrogen and oxygen atoms in total. The Kier molecular flexibility index (Phi) is 3.97. The van der Waals surface area contributed by atoms with E-state index in [-0.39, 0.29) is 17.5 Å². The molecule has 0 bridgehead atoms. The van der Waals surface area contributed by atoms with Gasteiger partial charge in [-0.05, 0) is 0 Å². The molecule has 0 unspecified atom stereocenters. The predicted molar refractivity (Wildman–Crippen MR) is 71.8 cm³/mol. The van der Waals surface area contributed by atoms with Gasteiger partial charge in [0.2, 0.25) is 0 Å². The molecule has 19 heavy (non-hydrogen) atoms. The van der Waals surface area contributed by atoms with Gasteiger partial charge in [0.25, 0.3) is 5.91 Å². The Morgan fingerprint density at radius 2 is 2.21 bits per heavy atom. The van der Waals surface area contributed by atoms with Crippen molar-refractivity contribution in [2.24, 2.45) is 5.84 Å². The first kappa shape index (κ1) is 13.3. The quantitative estimate of drug-likeness (QED) is 0.564. The topological polar surface area (TPSA) is 119 Å². The van der Waals surface area contributed by atoms with E-state index in [1.807, 2.05) is 13.8 Å². The number of hydrogen-bond donors (Lipinski definition) is 3. The molecule has 0 radical (unpaired) electrons. The molecule has 0 saturated heterocycles. The number of nitrogens with zero attached hydrogens (tertiary/aromatic N) is 4. The second kappa shape index (κ2) is 5.67. The van der Waals surface area contributed by atoms with Gasteiger partial charge in [-0.15, -0.1) is 5.10 Å². The van der Waals surface area contributed by atoms with Gasteiger partial charge in [0.05, 0.1) is 18.1 Å². The molecule has 4 N–H and O–H groups in total. The smallest absolute Gasteiger partial charge is 0.277 e. The van der Waals surface area contributed by atoms with Crippen molar-refractivity contribution in [3.8, 4) is 0 Å². The third-order valence-electron chi connectivity index (χ3n) is 2.29. The van der Waals surface area contributed by atoms with E-state index in [0.717, 1.165) is 11.5 Å². The second-order valence-electron chi connectivity index (χ2n) is 4.03. The zero-order chi connectivity index (χ0) is 13.8. The van der Waals surface area contributed by atoms with Crippen LogP contribution in [-0.4, -0.2) is 25.5 Å². The first-order chi connectivity index (χ1) is 9.11. The number of nitrogen functional groups attached to an aromatic ring is 1. The monoisotopic (exact) mass is 279 g/mol. The highest BCUT2D eigenvalue weighted by molar-refractivity contribution is 7.10. The van der Waals surface area contributed by atoms with Gasteiger partial charge in [-0.25, -0.2) is 9.97 Å². The Morgan fingerprint density at radius 1 is 1.42 bits per heavy atom. The molecule has 2 heterocycles. The summed E-state index contributed by atoms with van der Waals surface area (Å²) in [6.45, 7) is 3.89. The van der Waals surface area contributed by atoms with Crippen LogP contribution in [0.2, 0.25) is 0 Å². The molecule has 100 valence electrons. The lowest BCUT2D eigenvalue weighted by Gasteiger charge is -2.10. The summed E-state index contributed by atoms with van der Waals surface area (Å²) in [7, 11) is 0. The highest BCUT2D eigenvalue weighted by Crippen LogP contribution is 2.18. The molecule has 1 amide bonds. The lowest BCUT2D eigenvalue weighted by atomic mass is 10.2. The van der Waals surface area contributed by atoms with Gasteiger partial charge in [0.1, 0.15) is 10.8 Å². The average Bonchev–Trinajstić information content (AvgIpc) is 2.90. The maximum atomic E-state index is 12.1. The van der Waals surface area contributed by atoms with Crippen LogP contribution in [0.5, 0.6) is 0 Å². The van der Waals surface area contributed by atoms with Crippen LogP contribution in [0.3, 0.4) is 0 Å². The number of nitrogens with two attached hydrogens (primary N) is 1. The average molecular weight is 279 g/mol. The van der Waals surface area contributed by atoms with E-state index in [2.05, 4.69) is 30.3 Å². The van der Waals surface area contributed by atoms with Crippen LogP contribution in [-0.2, 0) is 0 Å². The number of aromatic nitrogens is 4. The Hall–Kier alpha value is -2.13. The van der Waals surface area contributed by atoms with E-state index >= 15 is 0 Å². The van der Waals surface area contributed by atoms with Crippen LogP contribution in [0.1, 0.15) is 36.1 Å². The van der Waals surface area contributed by atoms with E-state index in [9.17, 15) is 4.79 Å². The Labute approximate surface area is 113 Å². The lowest BCUT2D eigenvalue weighted by Crippen LogP contribution is -2.20. The van der Waals surface area contributed by atoms with E-state index in [4.69, 9.17) is 5.84 Å². The van der Waals surface area contributed by atoms with Crippen LogP contribution in [0, 0.1) is 0 Å². The van der Waals surface area contributed by atoms with Crippen molar-refractivity contribution < 1.29 is 4.79 Å². The first-order valence-electron chi connectivity index (χ1n) is 5.54. The van der Waals surface area contributed by atoms with Crippen molar-refractivity contribution in [3.63, 3.8) is 0 Å². The minimum Gasteiger partial charge on any atom is -0.321 e. The molecule has 0 fully saturated rings. The minimum absolute atomic E-state index is 0.114. The van der Waals surface area contributed by atoms with Crippen LogP contribution in [0.4, 0.5) is 10.7 Å². The summed E-state index contributed by atoms with van der Waals surface area (Å²) in [4.78, 5) is 20.5. The molecule has 0 aliphatic rings. The number of rotatable bonds is 4. The van der Waals surface area contributed by atoms with Gasteiger partial charge in [-0.3, -0.25) is 10.6 Å². The van der Waals surface area contributed by atoms with Crippen molar-refractivity contribution in [2.75, 3.05) is 10.7 Å². The number of carbonyl (C=O) groups excluding carboxylic acids is 1. The highest BCUT2D eigenvalue weighted by atomic mass is 32.1. The van der Waals surface area contributed by atoms with Gasteiger partial charge in [0, 0.05) is 17.5 Å². The summed E-state index contributed by atoms with van der Waals surface area (Å²) in [5.41, 5.74) is 2.96. The van der Waals surface area contributed by atoms with Crippen molar-refractivity contribution >= 4 is 28.1 Å². The number of hydrogen-bond acceptors (Lipinski definition) is 8. The molecule has 9 heteroatoms. The van der Waals surface area contributed by atoms with E-state index in [1.165, 1.54) is 12.4 Å². The van der Waals surface area contributed by atoms with Crippen LogP contribution in [0.25, 0.3) is 0 Å². The summed E-state index contributed by atoms with van der Waals surface area (Å²) in [6.07, 6.45) is 2.95. The molecule has 0 saturated carbocycles. The molecule has 0 atom stereocenters. The van der Waals surface area contributed by atoms with Crippen LogP contribution in [0.15, 0.2) is 12.4 Å². The fourth-order valence-corrected chi connectivity index (χ4v) is 1.76. The molecular weight excluding hydrogens is 266 g/mol. The summed E-state index contributed by atoms with van der Waals surface area (Å²) >= 11 is 1.08. The van der Waals surface area contributed by atoms with Crippen molar-refractivity contribution in [2.45, 2.75) is 19.8 Å². The molecule has 0 aromatic carbocycles. The number of hydrazine groups is 1. The maximum Gasteiger partial charge on any atom is 0.277 e. The number of nitrogens with one attached hydrogen (secondary N) is 2. The fraction of sp³-hybridized carbons (Fsp3) is 0.300. The van der Waals surface area contributed by atoms with E-state index < -0.39 is 0 Å². The summed E-state index contributed by atoms with van der Waals surface area (Å²) in [5, 5.41) is 6.83. The van der Waals surface area contributed by atoms with E-state index in [0.29, 0.717) is 16.5 Å². The maximum absolute atomic E-state index is 12.1. The van der Waals surface area contributed by atoms with Gasteiger partial charge in [0.15, 0.2) is 5.69 Å². The largest absolute Gasteiger partial charge is 0.321 e. The predicted octanol–water partition coefficient (Wildman–Crippen LogP) is 0.989. The SMILES string of the molecule is CC(C)c1ncc(NN)c(C(=O)Nc2cnns2)n1. The van der Waals surface area contributed by atoms with Gasteiger partial charge < -0.3 is 10.7 Å². The van der Waals surface area contributed by atoms with Crippen molar-refractivity contribution in [1.29, 1.82) is 0 Å². The summed E-state index contributed by atoms with van der Waals surface area (Å²) in [5.74, 6) is 5.66. The van der Waals surface area contributed by atoms with E-state index in [1.54, 1.807) is 0 Å². The van der Waals surface area contributed by atoms with Gasteiger partial charge >= 0.3 is 0 Å². The molecule has 2 aromatic heterocycles. The first-order valence-corrected chi connectivity index (χ1v) is 6.31. The zero-order valence-corrected chi connectivity index (χ0v) is 11.2. The molecule has 0 spiro atoms. The lowest BCUT2D eigenvalue weighted by molar-refractivity contribution is 0.102. The minimum atomic E-state index is -0.386. The molecular formula is C10H13N7OS. The van der Waals surface area contributed by atoms with Crippen molar-refractivity contribution in [1.82, 2.24) is 19.6 Å². The Morgan fingerprint density at radius 3 is 2.79 bits per heavy atom. The fourth-order valence-electron chi connectivity index (χ4n) is 1.35. The summed E-state index contributed by atoms with van der Waals surface area (Å²) < 4.78 is 3.66.